The molecule has 22 heavy (non-hydrogen) atoms. The highest BCUT2D eigenvalue weighted by Gasteiger charge is 2.33. The van der Waals surface area contributed by atoms with Crippen LogP contribution in [0.1, 0.15) is 41.1 Å². The summed E-state index contributed by atoms with van der Waals surface area (Å²) in [6.45, 7) is 4.15. The highest BCUT2D eigenvalue weighted by molar-refractivity contribution is 5.79. The molecule has 1 aliphatic carbocycles. The molecule has 1 N–H and O–H groups in total. The molecule has 1 fully saturated rings. The molecule has 2 aromatic rings. The summed E-state index contributed by atoms with van der Waals surface area (Å²) >= 11 is 0. The number of carbonyl (C=O) groups excluding carboxylic acids is 1. The molecular formula is C20H23NO. The van der Waals surface area contributed by atoms with E-state index in [0.29, 0.717) is 12.3 Å². The molecule has 0 bridgehead atoms. The molecule has 1 unspecified atom stereocenters. The number of aryl methyl sites for hydroxylation is 2. The number of benzene rings is 2. The Labute approximate surface area is 132 Å². The van der Waals surface area contributed by atoms with Gasteiger partial charge in [-0.25, -0.2) is 0 Å². The minimum absolute atomic E-state index is 0.112. The Balaban J connectivity index is 1.67. The van der Waals surface area contributed by atoms with Gasteiger partial charge in [0.05, 0.1) is 12.5 Å². The van der Waals surface area contributed by atoms with Gasteiger partial charge in [0.25, 0.3) is 0 Å². The fraction of sp³-hybridized carbons (Fsp3) is 0.350. The van der Waals surface area contributed by atoms with Crippen LogP contribution in [0.4, 0.5) is 0 Å². The molecule has 0 heterocycles. The van der Waals surface area contributed by atoms with E-state index in [0.717, 1.165) is 5.56 Å². The van der Waals surface area contributed by atoms with E-state index in [1.54, 1.807) is 0 Å². The summed E-state index contributed by atoms with van der Waals surface area (Å²) in [5, 5.41) is 3.24. The average Bonchev–Trinajstić information content (AvgIpc) is 3.33. The first-order chi connectivity index (χ1) is 10.6. The lowest BCUT2D eigenvalue weighted by Crippen LogP contribution is -2.31. The Kier molecular flexibility index (Phi) is 4.28. The molecule has 0 radical (unpaired) electrons. The van der Waals surface area contributed by atoms with Crippen LogP contribution in [-0.4, -0.2) is 5.91 Å². The lowest BCUT2D eigenvalue weighted by atomic mass is 10.0. The Morgan fingerprint density at radius 3 is 2.09 bits per heavy atom. The first kappa shape index (κ1) is 14.8. The van der Waals surface area contributed by atoms with Crippen LogP contribution in [0.25, 0.3) is 0 Å². The Hall–Kier alpha value is -2.09. The molecule has 1 aliphatic rings. The van der Waals surface area contributed by atoms with E-state index >= 15 is 0 Å². The predicted octanol–water partition coefficient (Wildman–Crippen LogP) is 4.11. The van der Waals surface area contributed by atoms with E-state index in [1.807, 2.05) is 12.1 Å². The van der Waals surface area contributed by atoms with Gasteiger partial charge in [0.2, 0.25) is 5.91 Å². The Morgan fingerprint density at radius 2 is 1.55 bits per heavy atom. The molecule has 1 amide bonds. The molecule has 3 rings (SSSR count). The van der Waals surface area contributed by atoms with Gasteiger partial charge < -0.3 is 5.32 Å². The van der Waals surface area contributed by atoms with Gasteiger partial charge in [-0.15, -0.1) is 0 Å². The summed E-state index contributed by atoms with van der Waals surface area (Å²) in [4.78, 5) is 12.4. The van der Waals surface area contributed by atoms with Crippen molar-refractivity contribution in [2.45, 2.75) is 39.2 Å². The first-order valence-corrected chi connectivity index (χ1v) is 8.03. The zero-order chi connectivity index (χ0) is 15.5. The monoisotopic (exact) mass is 293 g/mol. The topological polar surface area (TPSA) is 29.1 Å². The summed E-state index contributed by atoms with van der Waals surface area (Å²) in [5.74, 6) is 0.714. The van der Waals surface area contributed by atoms with Crippen LogP contribution in [0.2, 0.25) is 0 Å². The van der Waals surface area contributed by atoms with E-state index in [2.05, 4.69) is 55.6 Å². The number of hydrogen-bond donors (Lipinski definition) is 1. The summed E-state index contributed by atoms with van der Waals surface area (Å²) in [5.41, 5.74) is 4.77. The fourth-order valence-corrected chi connectivity index (χ4v) is 2.79. The van der Waals surface area contributed by atoms with Crippen LogP contribution in [0.5, 0.6) is 0 Å². The maximum absolute atomic E-state index is 12.4. The maximum atomic E-state index is 12.4. The summed E-state index contributed by atoms with van der Waals surface area (Å²) < 4.78 is 0. The highest BCUT2D eigenvalue weighted by atomic mass is 16.1. The largest absolute Gasteiger partial charge is 0.349 e. The standard InChI is InChI=1S/C20H23NO/c1-14-3-7-16(8-4-14)13-19(22)21-20(18-11-12-18)17-9-5-15(2)6-10-17/h3-10,18,20H,11-13H2,1-2H3,(H,21,22). The van der Waals surface area contributed by atoms with Crippen molar-refractivity contribution in [2.75, 3.05) is 0 Å². The predicted molar refractivity (Wildman–Crippen MR) is 89.7 cm³/mol. The van der Waals surface area contributed by atoms with Crippen molar-refractivity contribution in [3.8, 4) is 0 Å². The Morgan fingerprint density at radius 1 is 1.00 bits per heavy atom. The molecule has 0 saturated heterocycles. The van der Waals surface area contributed by atoms with E-state index in [1.165, 1.54) is 29.5 Å². The van der Waals surface area contributed by atoms with Gasteiger partial charge in [-0.3, -0.25) is 4.79 Å². The minimum Gasteiger partial charge on any atom is -0.349 e. The van der Waals surface area contributed by atoms with Gasteiger partial charge in [-0.1, -0.05) is 59.7 Å². The minimum atomic E-state index is 0.112. The van der Waals surface area contributed by atoms with Gasteiger partial charge in [0, 0.05) is 0 Å². The van der Waals surface area contributed by atoms with Gasteiger partial charge in [-0.2, -0.15) is 0 Å². The molecule has 2 nitrogen and oxygen atoms in total. The van der Waals surface area contributed by atoms with Gasteiger partial charge in [0.1, 0.15) is 0 Å². The lowest BCUT2D eigenvalue weighted by Gasteiger charge is -2.19. The van der Waals surface area contributed by atoms with Crippen LogP contribution in [0, 0.1) is 19.8 Å². The van der Waals surface area contributed by atoms with Crippen molar-refractivity contribution in [2.24, 2.45) is 5.92 Å². The number of amides is 1. The van der Waals surface area contributed by atoms with Crippen LogP contribution >= 0.6 is 0 Å². The first-order valence-electron chi connectivity index (χ1n) is 8.03. The molecule has 1 atom stereocenters. The number of carbonyl (C=O) groups is 1. The van der Waals surface area contributed by atoms with Crippen LogP contribution in [-0.2, 0) is 11.2 Å². The van der Waals surface area contributed by atoms with Gasteiger partial charge >= 0.3 is 0 Å². The fourth-order valence-electron chi connectivity index (χ4n) is 2.79. The summed E-state index contributed by atoms with van der Waals surface area (Å²) in [6, 6.07) is 16.9. The van der Waals surface area contributed by atoms with E-state index in [4.69, 9.17) is 0 Å². The van der Waals surface area contributed by atoms with Crippen LogP contribution < -0.4 is 5.32 Å². The van der Waals surface area contributed by atoms with Crippen LogP contribution in [0.3, 0.4) is 0 Å². The summed E-state index contributed by atoms with van der Waals surface area (Å²) in [7, 11) is 0. The van der Waals surface area contributed by atoms with Gasteiger partial charge in [0.15, 0.2) is 0 Å². The van der Waals surface area contributed by atoms with Crippen molar-refractivity contribution in [3.63, 3.8) is 0 Å². The third kappa shape index (κ3) is 3.76. The maximum Gasteiger partial charge on any atom is 0.224 e. The van der Waals surface area contributed by atoms with Gasteiger partial charge in [-0.05, 0) is 43.7 Å². The van der Waals surface area contributed by atoms with E-state index in [9.17, 15) is 4.79 Å². The van der Waals surface area contributed by atoms with Crippen molar-refractivity contribution in [1.82, 2.24) is 5.32 Å². The van der Waals surface area contributed by atoms with Crippen LogP contribution in [0.15, 0.2) is 48.5 Å². The number of rotatable bonds is 5. The zero-order valence-corrected chi connectivity index (χ0v) is 13.3. The number of hydrogen-bond acceptors (Lipinski definition) is 1. The SMILES string of the molecule is Cc1ccc(CC(=O)NC(c2ccc(C)cc2)C2CC2)cc1. The second kappa shape index (κ2) is 6.35. The number of nitrogens with one attached hydrogen (secondary N) is 1. The van der Waals surface area contributed by atoms with Crippen molar-refractivity contribution < 1.29 is 4.79 Å². The molecule has 1 saturated carbocycles. The van der Waals surface area contributed by atoms with Crippen molar-refractivity contribution >= 4 is 5.91 Å². The quantitative estimate of drug-likeness (QED) is 0.883. The second-order valence-corrected chi connectivity index (χ2v) is 6.46. The second-order valence-electron chi connectivity index (χ2n) is 6.46. The normalized spacial score (nSPS) is 15.4. The molecule has 2 heteroatoms. The molecule has 0 aromatic heterocycles. The lowest BCUT2D eigenvalue weighted by molar-refractivity contribution is -0.121. The molecule has 0 spiro atoms. The van der Waals surface area contributed by atoms with E-state index < -0.39 is 0 Å². The summed E-state index contributed by atoms with van der Waals surface area (Å²) in [6.07, 6.45) is 2.88. The molecular weight excluding hydrogens is 270 g/mol. The highest BCUT2D eigenvalue weighted by Crippen LogP contribution is 2.41. The Bertz CT molecular complexity index is 638. The smallest absolute Gasteiger partial charge is 0.224 e. The van der Waals surface area contributed by atoms with Crippen molar-refractivity contribution in [3.05, 3.63) is 70.8 Å². The third-order valence-corrected chi connectivity index (χ3v) is 4.33. The molecule has 2 aromatic carbocycles. The molecule has 0 aliphatic heterocycles. The average molecular weight is 293 g/mol. The third-order valence-electron chi connectivity index (χ3n) is 4.33. The van der Waals surface area contributed by atoms with E-state index in [-0.39, 0.29) is 11.9 Å². The van der Waals surface area contributed by atoms with Crippen molar-refractivity contribution in [1.29, 1.82) is 0 Å². The molecule has 114 valence electrons. The zero-order valence-electron chi connectivity index (χ0n) is 13.3.